The molecule has 1 heterocycles. The molecule has 0 fully saturated rings. The van der Waals surface area contributed by atoms with Crippen LogP contribution in [-0.2, 0) is 11.2 Å². The summed E-state index contributed by atoms with van der Waals surface area (Å²) in [6.07, 6.45) is 6.70. The van der Waals surface area contributed by atoms with Gasteiger partial charge in [0.1, 0.15) is 5.58 Å². The van der Waals surface area contributed by atoms with Gasteiger partial charge in [0.05, 0.1) is 12.7 Å². The molecule has 1 aliphatic carbocycles. The van der Waals surface area contributed by atoms with Crippen molar-refractivity contribution in [1.82, 2.24) is 5.32 Å². The molecule has 2 N–H and O–H groups in total. The largest absolute Gasteiger partial charge is 0.464 e. The Morgan fingerprint density at radius 1 is 1.38 bits per heavy atom. The number of aryl methyl sites for hydroxylation is 1. The minimum atomic E-state index is -0.0161. The minimum Gasteiger partial charge on any atom is -0.464 e. The van der Waals surface area contributed by atoms with E-state index < -0.39 is 0 Å². The Kier molecular flexibility index (Phi) is 4.76. The van der Waals surface area contributed by atoms with E-state index in [4.69, 9.17) is 9.52 Å². The highest BCUT2D eigenvalue weighted by Gasteiger charge is 2.20. The number of furan rings is 1. The van der Waals surface area contributed by atoms with Gasteiger partial charge in [0.25, 0.3) is 0 Å². The van der Waals surface area contributed by atoms with Crippen molar-refractivity contribution in [2.24, 2.45) is 5.92 Å². The van der Waals surface area contributed by atoms with Crippen LogP contribution < -0.4 is 5.32 Å². The van der Waals surface area contributed by atoms with E-state index in [0.717, 1.165) is 23.0 Å². The van der Waals surface area contributed by atoms with Crippen molar-refractivity contribution in [2.45, 2.75) is 45.6 Å². The molecule has 0 unspecified atom stereocenters. The molecule has 0 radical (unpaired) electrons. The quantitative estimate of drug-likeness (QED) is 0.827. The molecule has 1 aromatic carbocycles. The fourth-order valence-corrected chi connectivity index (χ4v) is 3.45. The highest BCUT2D eigenvalue weighted by Crippen LogP contribution is 2.29. The lowest BCUT2D eigenvalue weighted by atomic mass is 9.95. The lowest BCUT2D eigenvalue weighted by Crippen LogP contribution is -2.34. The van der Waals surface area contributed by atoms with Gasteiger partial charge in [-0.05, 0) is 42.5 Å². The molecular weight excluding hydrogens is 302 g/mol. The molecule has 0 spiro atoms. The molecule has 1 aromatic heterocycles. The van der Waals surface area contributed by atoms with Gasteiger partial charge in [-0.1, -0.05) is 26.0 Å². The molecule has 0 saturated heterocycles. The molecule has 0 aliphatic heterocycles. The predicted octanol–water partition coefficient (Wildman–Crippen LogP) is 3.46. The minimum absolute atomic E-state index is 0.0151. The fourth-order valence-electron chi connectivity index (χ4n) is 3.45. The summed E-state index contributed by atoms with van der Waals surface area (Å²) >= 11 is 0. The Labute approximate surface area is 142 Å². The average Bonchev–Trinajstić information content (AvgIpc) is 3.13. The third-order valence-corrected chi connectivity index (χ3v) is 4.77. The Balaban J connectivity index is 1.74. The molecule has 0 saturated carbocycles. The normalized spacial score (nSPS) is 20.2. The van der Waals surface area contributed by atoms with Crippen LogP contribution in [0.25, 0.3) is 11.0 Å². The molecule has 0 bridgehead atoms. The van der Waals surface area contributed by atoms with Gasteiger partial charge in [-0.15, -0.1) is 0 Å². The van der Waals surface area contributed by atoms with Gasteiger partial charge < -0.3 is 14.8 Å². The molecule has 4 nitrogen and oxygen atoms in total. The van der Waals surface area contributed by atoms with Gasteiger partial charge in [0.15, 0.2) is 0 Å². The van der Waals surface area contributed by atoms with E-state index in [1.807, 2.05) is 12.2 Å². The van der Waals surface area contributed by atoms with Gasteiger partial charge in [-0.3, -0.25) is 4.79 Å². The third kappa shape index (κ3) is 3.39. The van der Waals surface area contributed by atoms with E-state index in [0.29, 0.717) is 12.3 Å². The number of hydrogen-bond donors (Lipinski definition) is 2. The SMILES string of the molecule is Cc1cc2occ(CC(=O)N[C@@H]3C=C[C@H](CO)C3)c2cc1C(C)C. The molecule has 1 aliphatic rings. The highest BCUT2D eigenvalue weighted by molar-refractivity contribution is 5.88. The topological polar surface area (TPSA) is 62.5 Å². The van der Waals surface area contributed by atoms with E-state index in [1.54, 1.807) is 6.26 Å². The smallest absolute Gasteiger partial charge is 0.225 e. The number of carbonyl (C=O) groups excluding carboxylic acids is 1. The first kappa shape index (κ1) is 16.8. The summed E-state index contributed by atoms with van der Waals surface area (Å²) in [5.41, 5.74) is 4.26. The van der Waals surface area contributed by atoms with Gasteiger partial charge >= 0.3 is 0 Å². The molecule has 1 amide bonds. The van der Waals surface area contributed by atoms with Crippen LogP contribution in [0.15, 0.2) is 35.0 Å². The summed E-state index contributed by atoms with van der Waals surface area (Å²) in [6.45, 7) is 6.57. The van der Waals surface area contributed by atoms with Crippen molar-refractivity contribution in [1.29, 1.82) is 0 Å². The first-order valence-corrected chi connectivity index (χ1v) is 8.57. The number of aliphatic hydroxyl groups excluding tert-OH is 1. The van der Waals surface area contributed by atoms with Crippen molar-refractivity contribution >= 4 is 16.9 Å². The molecule has 128 valence electrons. The second kappa shape index (κ2) is 6.81. The molecule has 4 heteroatoms. The summed E-state index contributed by atoms with van der Waals surface area (Å²) in [5.74, 6) is 0.573. The number of aliphatic hydroxyl groups is 1. The Hall–Kier alpha value is -2.07. The lowest BCUT2D eigenvalue weighted by molar-refractivity contribution is -0.120. The van der Waals surface area contributed by atoms with Crippen LogP contribution in [0.3, 0.4) is 0 Å². The summed E-state index contributed by atoms with van der Waals surface area (Å²) in [5, 5.41) is 13.2. The van der Waals surface area contributed by atoms with Crippen LogP contribution >= 0.6 is 0 Å². The van der Waals surface area contributed by atoms with E-state index in [9.17, 15) is 4.79 Å². The van der Waals surface area contributed by atoms with E-state index in [1.165, 1.54) is 11.1 Å². The summed E-state index contributed by atoms with van der Waals surface area (Å²) in [6, 6.07) is 4.22. The second-order valence-corrected chi connectivity index (χ2v) is 7.03. The van der Waals surface area contributed by atoms with Crippen LogP contribution in [0.2, 0.25) is 0 Å². The van der Waals surface area contributed by atoms with Gasteiger partial charge in [-0.2, -0.15) is 0 Å². The fraction of sp³-hybridized carbons (Fsp3) is 0.450. The van der Waals surface area contributed by atoms with Gasteiger partial charge in [0, 0.05) is 29.5 Å². The maximum atomic E-state index is 12.3. The van der Waals surface area contributed by atoms with Crippen LogP contribution in [0, 0.1) is 12.8 Å². The van der Waals surface area contributed by atoms with Gasteiger partial charge in [0.2, 0.25) is 5.91 Å². The first-order chi connectivity index (χ1) is 11.5. The van der Waals surface area contributed by atoms with Crippen LogP contribution in [0.1, 0.15) is 42.9 Å². The summed E-state index contributed by atoms with van der Waals surface area (Å²) in [4.78, 5) is 12.3. The van der Waals surface area contributed by atoms with Crippen LogP contribution in [0.4, 0.5) is 0 Å². The molecule has 2 aromatic rings. The van der Waals surface area contributed by atoms with E-state index >= 15 is 0 Å². The Bertz CT molecular complexity index is 773. The van der Waals surface area contributed by atoms with Crippen molar-refractivity contribution in [3.05, 3.63) is 47.2 Å². The highest BCUT2D eigenvalue weighted by atomic mass is 16.3. The zero-order valence-corrected chi connectivity index (χ0v) is 14.5. The Morgan fingerprint density at radius 3 is 2.83 bits per heavy atom. The number of hydrogen-bond acceptors (Lipinski definition) is 3. The molecule has 2 atom stereocenters. The standard InChI is InChI=1S/C20H25NO3/c1-12(2)17-9-18-15(11-24-19(18)6-13(17)3)8-20(23)21-16-5-4-14(7-16)10-22/h4-6,9,11-12,14,16,22H,7-8,10H2,1-3H3,(H,21,23)/t14-,16+/m0/s1. The number of amides is 1. The average molecular weight is 327 g/mol. The van der Waals surface area contributed by atoms with Crippen molar-refractivity contribution in [3.63, 3.8) is 0 Å². The third-order valence-electron chi connectivity index (χ3n) is 4.77. The maximum Gasteiger partial charge on any atom is 0.225 e. The first-order valence-electron chi connectivity index (χ1n) is 8.57. The van der Waals surface area contributed by atoms with E-state index in [2.05, 4.69) is 38.2 Å². The van der Waals surface area contributed by atoms with Crippen molar-refractivity contribution in [2.75, 3.05) is 6.61 Å². The van der Waals surface area contributed by atoms with Crippen LogP contribution in [0.5, 0.6) is 0 Å². The monoisotopic (exact) mass is 327 g/mol. The summed E-state index contributed by atoms with van der Waals surface area (Å²) in [7, 11) is 0. The number of nitrogens with one attached hydrogen (secondary N) is 1. The molecule has 24 heavy (non-hydrogen) atoms. The summed E-state index contributed by atoms with van der Waals surface area (Å²) < 4.78 is 5.64. The van der Waals surface area contributed by atoms with Gasteiger partial charge in [-0.25, -0.2) is 0 Å². The number of fused-ring (bicyclic) bond motifs is 1. The maximum absolute atomic E-state index is 12.3. The van der Waals surface area contributed by atoms with Crippen molar-refractivity contribution < 1.29 is 14.3 Å². The zero-order chi connectivity index (χ0) is 17.3. The molecular formula is C20H25NO3. The zero-order valence-electron chi connectivity index (χ0n) is 14.5. The van der Waals surface area contributed by atoms with Crippen LogP contribution in [-0.4, -0.2) is 23.7 Å². The number of rotatable bonds is 5. The van der Waals surface area contributed by atoms with Crippen molar-refractivity contribution in [3.8, 4) is 0 Å². The Morgan fingerprint density at radius 2 is 2.17 bits per heavy atom. The lowest BCUT2D eigenvalue weighted by Gasteiger charge is -2.13. The number of benzene rings is 1. The predicted molar refractivity (Wildman–Crippen MR) is 95.0 cm³/mol. The van der Waals surface area contributed by atoms with E-state index in [-0.39, 0.29) is 24.5 Å². The second-order valence-electron chi connectivity index (χ2n) is 7.03. The molecule has 3 rings (SSSR count). The number of carbonyl (C=O) groups is 1.